The van der Waals surface area contributed by atoms with Gasteiger partial charge in [-0.2, -0.15) is 0 Å². The molecule has 1 saturated heterocycles. The summed E-state index contributed by atoms with van der Waals surface area (Å²) in [6.45, 7) is 1.01. The average molecular weight is 344 g/mol. The number of fused-ring (bicyclic) bond motifs is 2. The van der Waals surface area contributed by atoms with Crippen molar-refractivity contribution >= 4 is 17.5 Å². The van der Waals surface area contributed by atoms with Crippen LogP contribution in [-0.4, -0.2) is 29.5 Å². The molecule has 1 aromatic heterocycles. The molecular formula is C18H18ClN3O2. The number of pyridine rings is 1. The van der Waals surface area contributed by atoms with Crippen LogP contribution in [0.3, 0.4) is 0 Å². The predicted octanol–water partition coefficient (Wildman–Crippen LogP) is 3.01. The topological polar surface area (TPSA) is 63.2 Å². The van der Waals surface area contributed by atoms with Gasteiger partial charge in [-0.15, -0.1) is 0 Å². The highest BCUT2D eigenvalue weighted by Crippen LogP contribution is 2.31. The van der Waals surface area contributed by atoms with Gasteiger partial charge in [0, 0.05) is 30.3 Å². The first kappa shape index (κ1) is 15.4. The zero-order valence-electron chi connectivity index (χ0n) is 13.0. The molecule has 1 saturated carbocycles. The maximum Gasteiger partial charge on any atom is 0.251 e. The molecule has 2 aromatic rings. The first-order chi connectivity index (χ1) is 11.7. The second kappa shape index (κ2) is 6.42. The number of carbonyl (C=O) groups excluding carboxylic acids is 1. The van der Waals surface area contributed by atoms with Crippen molar-refractivity contribution in [3.63, 3.8) is 0 Å². The minimum Gasteiger partial charge on any atom is -0.439 e. The van der Waals surface area contributed by atoms with Gasteiger partial charge in [0.1, 0.15) is 10.9 Å². The number of ether oxygens (including phenoxy) is 1. The van der Waals surface area contributed by atoms with Crippen LogP contribution in [0.25, 0.3) is 0 Å². The summed E-state index contributed by atoms with van der Waals surface area (Å²) in [7, 11) is 0. The molecule has 2 bridgehead atoms. The monoisotopic (exact) mass is 343 g/mol. The highest BCUT2D eigenvalue weighted by atomic mass is 35.5. The summed E-state index contributed by atoms with van der Waals surface area (Å²) in [5.41, 5.74) is 0.636. The summed E-state index contributed by atoms with van der Waals surface area (Å²) in [5.74, 6) is 1.58. The molecule has 1 aliphatic heterocycles. The molecule has 124 valence electrons. The van der Waals surface area contributed by atoms with Gasteiger partial charge in [-0.25, -0.2) is 4.98 Å². The van der Waals surface area contributed by atoms with E-state index in [1.807, 2.05) is 0 Å². The van der Waals surface area contributed by atoms with Crippen LogP contribution in [0.15, 0.2) is 42.5 Å². The third kappa shape index (κ3) is 3.23. The maximum atomic E-state index is 12.4. The number of aromatic nitrogens is 1. The fourth-order valence-corrected chi connectivity index (χ4v) is 3.66. The maximum absolute atomic E-state index is 12.4. The number of nitrogens with one attached hydrogen (secondary N) is 2. The van der Waals surface area contributed by atoms with Gasteiger partial charge in [0.2, 0.25) is 5.88 Å². The zero-order chi connectivity index (χ0) is 16.5. The van der Waals surface area contributed by atoms with E-state index in [9.17, 15) is 4.79 Å². The lowest BCUT2D eigenvalue weighted by Gasteiger charge is -2.23. The number of carbonyl (C=O) groups is 1. The summed E-state index contributed by atoms with van der Waals surface area (Å²) in [5, 5.41) is 6.98. The largest absolute Gasteiger partial charge is 0.439 e. The lowest BCUT2D eigenvalue weighted by atomic mass is 10.0. The van der Waals surface area contributed by atoms with Crippen LogP contribution in [0.5, 0.6) is 11.6 Å². The van der Waals surface area contributed by atoms with Crippen molar-refractivity contribution in [1.82, 2.24) is 15.6 Å². The Bertz CT molecular complexity index is 750. The summed E-state index contributed by atoms with van der Waals surface area (Å²) >= 11 is 5.84. The molecule has 2 fully saturated rings. The third-order valence-electron chi connectivity index (χ3n) is 4.71. The van der Waals surface area contributed by atoms with Crippen molar-refractivity contribution in [3.8, 4) is 11.6 Å². The smallest absolute Gasteiger partial charge is 0.251 e. The van der Waals surface area contributed by atoms with E-state index in [4.69, 9.17) is 16.3 Å². The summed E-state index contributed by atoms with van der Waals surface area (Å²) in [6.07, 6.45) is 2.20. The Balaban J connectivity index is 1.39. The molecule has 3 unspecified atom stereocenters. The molecule has 0 spiro atoms. The van der Waals surface area contributed by atoms with E-state index < -0.39 is 0 Å². The molecule has 1 amide bonds. The van der Waals surface area contributed by atoms with Crippen LogP contribution in [0.4, 0.5) is 0 Å². The number of nitrogens with zero attached hydrogens (tertiary/aromatic N) is 1. The Morgan fingerprint density at radius 2 is 2.04 bits per heavy atom. The molecule has 0 radical (unpaired) electrons. The second-order valence-corrected chi connectivity index (χ2v) is 6.73. The van der Waals surface area contributed by atoms with Crippen molar-refractivity contribution in [2.45, 2.75) is 24.9 Å². The highest BCUT2D eigenvalue weighted by molar-refractivity contribution is 6.29. The third-order valence-corrected chi connectivity index (χ3v) is 4.92. The Kier molecular flexibility index (Phi) is 4.12. The number of hydrogen-bond donors (Lipinski definition) is 2. The average Bonchev–Trinajstić information content (AvgIpc) is 3.18. The molecule has 3 atom stereocenters. The van der Waals surface area contributed by atoms with Crippen LogP contribution < -0.4 is 15.4 Å². The lowest BCUT2D eigenvalue weighted by Crippen LogP contribution is -2.44. The van der Waals surface area contributed by atoms with E-state index in [-0.39, 0.29) is 11.9 Å². The van der Waals surface area contributed by atoms with Gasteiger partial charge in [-0.1, -0.05) is 17.7 Å². The van der Waals surface area contributed by atoms with Gasteiger partial charge in [-0.3, -0.25) is 4.79 Å². The highest BCUT2D eigenvalue weighted by Gasteiger charge is 2.40. The van der Waals surface area contributed by atoms with Gasteiger partial charge >= 0.3 is 0 Å². The molecule has 5 nitrogen and oxygen atoms in total. The quantitative estimate of drug-likeness (QED) is 0.838. The van der Waals surface area contributed by atoms with Crippen LogP contribution in [0.2, 0.25) is 5.15 Å². The van der Waals surface area contributed by atoms with Crippen LogP contribution in [0.1, 0.15) is 23.2 Å². The minimum atomic E-state index is -0.0278. The number of benzene rings is 1. The van der Waals surface area contributed by atoms with Crippen molar-refractivity contribution in [3.05, 3.63) is 53.2 Å². The molecule has 24 heavy (non-hydrogen) atoms. The standard InChI is InChI=1S/C18H18ClN3O2/c19-16-2-1-3-17(22-16)24-14-6-4-11(5-7-14)18(23)21-15-9-13-8-12(15)10-20-13/h1-7,12-13,15,20H,8-10H2,(H,21,23). The first-order valence-corrected chi connectivity index (χ1v) is 8.50. The van der Waals surface area contributed by atoms with Crippen molar-refractivity contribution in [1.29, 1.82) is 0 Å². The van der Waals surface area contributed by atoms with Crippen molar-refractivity contribution < 1.29 is 9.53 Å². The van der Waals surface area contributed by atoms with E-state index >= 15 is 0 Å². The number of piperidine rings is 1. The Morgan fingerprint density at radius 1 is 1.21 bits per heavy atom. The Labute approximate surface area is 145 Å². The zero-order valence-corrected chi connectivity index (χ0v) is 13.8. The molecule has 2 heterocycles. The van der Waals surface area contributed by atoms with Crippen LogP contribution in [-0.2, 0) is 0 Å². The number of amides is 1. The fraction of sp³-hybridized carbons (Fsp3) is 0.333. The second-order valence-electron chi connectivity index (χ2n) is 6.34. The number of rotatable bonds is 4. The van der Waals surface area contributed by atoms with Gasteiger partial charge in [0.25, 0.3) is 5.91 Å². The van der Waals surface area contributed by atoms with Crippen molar-refractivity contribution in [2.75, 3.05) is 6.54 Å². The normalized spacial score (nSPS) is 24.8. The number of halogens is 1. The number of hydrogen-bond acceptors (Lipinski definition) is 4. The van der Waals surface area contributed by atoms with E-state index in [1.165, 1.54) is 6.42 Å². The fourth-order valence-electron chi connectivity index (χ4n) is 3.51. The molecular weight excluding hydrogens is 326 g/mol. The molecule has 4 rings (SSSR count). The molecule has 1 aliphatic carbocycles. The summed E-state index contributed by atoms with van der Waals surface area (Å²) in [6, 6.07) is 13.1. The van der Waals surface area contributed by atoms with E-state index in [0.717, 1.165) is 13.0 Å². The SMILES string of the molecule is O=C(NC1CC2CC1CN2)c1ccc(Oc2cccc(Cl)n2)cc1. The van der Waals surface area contributed by atoms with Crippen molar-refractivity contribution in [2.24, 2.45) is 5.92 Å². The predicted molar refractivity (Wildman–Crippen MR) is 91.5 cm³/mol. The Morgan fingerprint density at radius 3 is 2.71 bits per heavy atom. The lowest BCUT2D eigenvalue weighted by molar-refractivity contribution is 0.0925. The van der Waals surface area contributed by atoms with E-state index in [0.29, 0.717) is 34.3 Å². The molecule has 2 N–H and O–H groups in total. The molecule has 6 heteroatoms. The van der Waals surface area contributed by atoms with Gasteiger partial charge in [-0.05, 0) is 49.1 Å². The van der Waals surface area contributed by atoms with Gasteiger partial charge in [0.15, 0.2) is 0 Å². The summed E-state index contributed by atoms with van der Waals surface area (Å²) in [4.78, 5) is 16.5. The molecule has 2 aliphatic rings. The summed E-state index contributed by atoms with van der Waals surface area (Å²) < 4.78 is 5.63. The van der Waals surface area contributed by atoms with Crippen LogP contribution in [0, 0.1) is 5.92 Å². The first-order valence-electron chi connectivity index (χ1n) is 8.12. The minimum absolute atomic E-state index is 0.0278. The molecule has 1 aromatic carbocycles. The Hall–Kier alpha value is -2.11. The van der Waals surface area contributed by atoms with E-state index in [1.54, 1.807) is 42.5 Å². The van der Waals surface area contributed by atoms with E-state index in [2.05, 4.69) is 15.6 Å². The van der Waals surface area contributed by atoms with Gasteiger partial charge in [0.05, 0.1) is 0 Å². The van der Waals surface area contributed by atoms with Gasteiger partial charge < -0.3 is 15.4 Å². The van der Waals surface area contributed by atoms with Crippen LogP contribution >= 0.6 is 11.6 Å².